The lowest BCUT2D eigenvalue weighted by atomic mass is 10.00. The molecule has 20 heavy (non-hydrogen) atoms. The molecule has 116 valence electrons. The van der Waals surface area contributed by atoms with E-state index >= 15 is 0 Å². The number of aryl methyl sites for hydroxylation is 1. The summed E-state index contributed by atoms with van der Waals surface area (Å²) in [4.78, 5) is 11.9. The third kappa shape index (κ3) is 6.15. The van der Waals surface area contributed by atoms with Gasteiger partial charge < -0.3 is 5.73 Å². The van der Waals surface area contributed by atoms with Gasteiger partial charge in [0, 0.05) is 6.42 Å². The van der Waals surface area contributed by atoms with E-state index in [1.54, 1.807) is 0 Å². The average molecular weight is 321 g/mol. The van der Waals surface area contributed by atoms with E-state index in [0.29, 0.717) is 5.13 Å². The summed E-state index contributed by atoms with van der Waals surface area (Å²) < 4.78 is 0. The normalized spacial score (nSPS) is 13.4. The fourth-order valence-electron chi connectivity index (χ4n) is 1.63. The summed E-state index contributed by atoms with van der Waals surface area (Å²) in [5.74, 6) is -0.0115. The maximum absolute atomic E-state index is 11.9. The van der Waals surface area contributed by atoms with Crippen LogP contribution in [0.25, 0.3) is 0 Å². The van der Waals surface area contributed by atoms with Gasteiger partial charge in [-0.25, -0.2) is 0 Å². The van der Waals surface area contributed by atoms with Crippen molar-refractivity contribution in [2.45, 2.75) is 58.9 Å². The first-order chi connectivity index (χ1) is 9.08. The summed E-state index contributed by atoms with van der Waals surface area (Å²) >= 11 is 1.44. The highest BCUT2D eigenvalue weighted by Gasteiger charge is 2.20. The van der Waals surface area contributed by atoms with Gasteiger partial charge in [-0.05, 0) is 12.3 Å². The van der Waals surface area contributed by atoms with E-state index in [9.17, 15) is 4.79 Å². The SMILES string of the molecule is CCCCCc1nnc(NC(=O)C(N)C(C)CC)s1.Cl. The molecule has 0 bridgehead atoms. The zero-order chi connectivity index (χ0) is 14.3. The first-order valence-electron chi connectivity index (χ1n) is 6.97. The van der Waals surface area contributed by atoms with Crippen molar-refractivity contribution in [1.82, 2.24) is 10.2 Å². The molecule has 0 saturated carbocycles. The van der Waals surface area contributed by atoms with Crippen molar-refractivity contribution in [1.29, 1.82) is 0 Å². The smallest absolute Gasteiger partial charge is 0.243 e. The van der Waals surface area contributed by atoms with Gasteiger partial charge in [0.05, 0.1) is 6.04 Å². The monoisotopic (exact) mass is 320 g/mol. The van der Waals surface area contributed by atoms with Crippen LogP contribution >= 0.6 is 23.7 Å². The molecule has 0 spiro atoms. The first kappa shape index (κ1) is 19.3. The fourth-order valence-corrected chi connectivity index (χ4v) is 2.42. The Morgan fingerprint density at radius 2 is 2.05 bits per heavy atom. The molecule has 1 amide bonds. The van der Waals surface area contributed by atoms with Crippen LogP contribution in [0.2, 0.25) is 0 Å². The third-order valence-corrected chi connectivity index (χ3v) is 4.15. The number of nitrogens with one attached hydrogen (secondary N) is 1. The first-order valence-corrected chi connectivity index (χ1v) is 7.78. The maximum Gasteiger partial charge on any atom is 0.243 e. The highest BCUT2D eigenvalue weighted by atomic mass is 35.5. The molecule has 5 nitrogen and oxygen atoms in total. The summed E-state index contributed by atoms with van der Waals surface area (Å²) in [6, 6.07) is -0.488. The summed E-state index contributed by atoms with van der Waals surface area (Å²) in [6.45, 7) is 6.16. The van der Waals surface area contributed by atoms with Gasteiger partial charge in [-0.1, -0.05) is 51.4 Å². The minimum atomic E-state index is -0.488. The zero-order valence-electron chi connectivity index (χ0n) is 12.4. The highest BCUT2D eigenvalue weighted by molar-refractivity contribution is 7.15. The Morgan fingerprint density at radius 1 is 1.35 bits per heavy atom. The number of nitrogens with zero attached hydrogens (tertiary/aromatic N) is 2. The molecule has 0 aliphatic heterocycles. The van der Waals surface area contributed by atoms with Crippen molar-refractivity contribution in [2.24, 2.45) is 11.7 Å². The summed E-state index contributed by atoms with van der Waals surface area (Å²) in [5.41, 5.74) is 5.87. The average Bonchev–Trinajstić information content (AvgIpc) is 2.84. The Bertz CT molecular complexity index is 399. The molecule has 0 fully saturated rings. The maximum atomic E-state index is 11.9. The molecule has 1 heterocycles. The molecule has 1 aromatic heterocycles. The van der Waals surface area contributed by atoms with Crippen molar-refractivity contribution in [3.63, 3.8) is 0 Å². The quantitative estimate of drug-likeness (QED) is 0.721. The predicted octanol–water partition coefficient (Wildman–Crippen LogP) is 3.00. The van der Waals surface area contributed by atoms with E-state index in [4.69, 9.17) is 5.73 Å². The molecule has 0 saturated heterocycles. The number of halogens is 1. The van der Waals surface area contributed by atoms with Gasteiger partial charge in [0.2, 0.25) is 11.0 Å². The van der Waals surface area contributed by atoms with Gasteiger partial charge >= 0.3 is 0 Å². The van der Waals surface area contributed by atoms with Gasteiger partial charge in [0.25, 0.3) is 0 Å². The second kappa shape index (κ2) is 10.1. The summed E-state index contributed by atoms with van der Waals surface area (Å²) in [5, 5.41) is 12.3. The van der Waals surface area contributed by atoms with Crippen LogP contribution in [0.15, 0.2) is 0 Å². The number of hydrogen-bond donors (Lipinski definition) is 2. The van der Waals surface area contributed by atoms with E-state index < -0.39 is 6.04 Å². The molecule has 0 radical (unpaired) electrons. The van der Waals surface area contributed by atoms with Gasteiger partial charge in [0.1, 0.15) is 5.01 Å². The van der Waals surface area contributed by atoms with Crippen molar-refractivity contribution in [3.05, 3.63) is 5.01 Å². The molecule has 0 aliphatic carbocycles. The standard InChI is InChI=1S/C13H24N4OS.ClH/c1-4-6-7-8-10-16-17-13(19-10)15-12(18)11(14)9(3)5-2;/h9,11H,4-8,14H2,1-3H3,(H,15,17,18);1H. The molecule has 2 unspecified atom stereocenters. The lowest BCUT2D eigenvalue weighted by molar-refractivity contribution is -0.118. The lowest BCUT2D eigenvalue weighted by Gasteiger charge is -2.16. The lowest BCUT2D eigenvalue weighted by Crippen LogP contribution is -2.40. The molecule has 0 aliphatic rings. The Balaban J connectivity index is 0.00000361. The van der Waals surface area contributed by atoms with E-state index in [1.807, 2.05) is 13.8 Å². The van der Waals surface area contributed by atoms with Gasteiger partial charge in [-0.2, -0.15) is 0 Å². The fraction of sp³-hybridized carbons (Fsp3) is 0.769. The Labute approximate surface area is 131 Å². The highest BCUT2D eigenvalue weighted by Crippen LogP contribution is 2.18. The topological polar surface area (TPSA) is 80.9 Å². The summed E-state index contributed by atoms with van der Waals surface area (Å²) in [6.07, 6.45) is 5.31. The van der Waals surface area contributed by atoms with Crippen molar-refractivity contribution in [3.8, 4) is 0 Å². The number of unbranched alkanes of at least 4 members (excludes halogenated alkanes) is 2. The van der Waals surface area contributed by atoms with Crippen LogP contribution in [0.4, 0.5) is 5.13 Å². The van der Waals surface area contributed by atoms with Crippen LogP contribution in [-0.2, 0) is 11.2 Å². The Kier molecular flexibility index (Phi) is 9.71. The van der Waals surface area contributed by atoms with Gasteiger partial charge in [0.15, 0.2) is 0 Å². The predicted molar refractivity (Wildman–Crippen MR) is 86.4 cm³/mol. The Hall–Kier alpha value is -0.720. The third-order valence-electron chi connectivity index (χ3n) is 3.25. The van der Waals surface area contributed by atoms with Crippen molar-refractivity contribution >= 4 is 34.8 Å². The van der Waals surface area contributed by atoms with Crippen LogP contribution < -0.4 is 11.1 Å². The van der Waals surface area contributed by atoms with Gasteiger partial charge in [-0.3, -0.25) is 10.1 Å². The molecule has 1 rings (SSSR count). The minimum Gasteiger partial charge on any atom is -0.320 e. The van der Waals surface area contributed by atoms with Gasteiger partial charge in [-0.15, -0.1) is 22.6 Å². The number of carbonyl (C=O) groups is 1. The van der Waals surface area contributed by atoms with Crippen molar-refractivity contribution in [2.75, 3.05) is 5.32 Å². The molecule has 3 N–H and O–H groups in total. The van der Waals surface area contributed by atoms with E-state index in [2.05, 4.69) is 22.4 Å². The van der Waals surface area contributed by atoms with Crippen LogP contribution in [0.3, 0.4) is 0 Å². The minimum absolute atomic E-state index is 0. The van der Waals surface area contributed by atoms with Crippen LogP contribution in [-0.4, -0.2) is 22.1 Å². The molecule has 0 aromatic carbocycles. The van der Waals surface area contributed by atoms with Crippen LogP contribution in [0.1, 0.15) is 51.5 Å². The zero-order valence-corrected chi connectivity index (χ0v) is 14.0. The molecule has 1 aromatic rings. The van der Waals surface area contributed by atoms with E-state index in [1.165, 1.54) is 24.2 Å². The Morgan fingerprint density at radius 3 is 2.65 bits per heavy atom. The second-order valence-corrected chi connectivity index (χ2v) is 5.92. The number of nitrogens with two attached hydrogens (primary N) is 1. The summed E-state index contributed by atoms with van der Waals surface area (Å²) in [7, 11) is 0. The molecule has 7 heteroatoms. The molecular formula is C13H25ClN4OS. The number of carbonyl (C=O) groups excluding carboxylic acids is 1. The van der Waals surface area contributed by atoms with Crippen molar-refractivity contribution < 1.29 is 4.79 Å². The number of rotatable bonds is 8. The second-order valence-electron chi connectivity index (χ2n) is 4.86. The number of aromatic nitrogens is 2. The molecule has 2 atom stereocenters. The molecular weight excluding hydrogens is 296 g/mol. The van der Waals surface area contributed by atoms with Crippen LogP contribution in [0, 0.1) is 5.92 Å². The van der Waals surface area contributed by atoms with E-state index in [0.717, 1.165) is 24.3 Å². The number of amides is 1. The van der Waals surface area contributed by atoms with E-state index in [-0.39, 0.29) is 24.2 Å². The largest absolute Gasteiger partial charge is 0.320 e. The number of anilines is 1. The number of hydrogen-bond acceptors (Lipinski definition) is 5. The van der Waals surface area contributed by atoms with Crippen LogP contribution in [0.5, 0.6) is 0 Å².